The van der Waals surface area contributed by atoms with Gasteiger partial charge in [0.25, 0.3) is 0 Å². The monoisotopic (exact) mass is 106 g/mol. The maximum atomic E-state index is 2.47. The standard InChI is InChI=1S/C8H10/c1-8-4-6(8)2-5-3-7(5)8/h4-5,7H,2-3H2,1H3. The Bertz CT molecular complexity index is 190. The summed E-state index contributed by atoms with van der Waals surface area (Å²) in [5.41, 5.74) is 2.46. The first-order chi connectivity index (χ1) is 3.81. The summed E-state index contributed by atoms with van der Waals surface area (Å²) < 4.78 is 0. The van der Waals surface area contributed by atoms with Gasteiger partial charge in [-0.3, -0.25) is 0 Å². The van der Waals surface area contributed by atoms with Crippen molar-refractivity contribution in [2.75, 3.05) is 0 Å². The van der Waals surface area contributed by atoms with E-state index in [-0.39, 0.29) is 0 Å². The minimum atomic E-state index is 0.685. The molecule has 0 heteroatoms. The zero-order valence-electron chi connectivity index (χ0n) is 5.15. The molecule has 0 radical (unpaired) electrons. The second-order valence-corrected chi connectivity index (χ2v) is 3.76. The summed E-state index contributed by atoms with van der Waals surface area (Å²) in [6.45, 7) is 2.40. The summed E-state index contributed by atoms with van der Waals surface area (Å²) in [4.78, 5) is 0. The van der Waals surface area contributed by atoms with Crippen molar-refractivity contribution in [3.63, 3.8) is 0 Å². The molecule has 8 heavy (non-hydrogen) atoms. The number of allylic oxidation sites excluding steroid dienone is 2. The Kier molecular flexibility index (Phi) is 0.327. The third-order valence-corrected chi connectivity index (χ3v) is 3.26. The van der Waals surface area contributed by atoms with Gasteiger partial charge in [0.1, 0.15) is 0 Å². The summed E-state index contributed by atoms with van der Waals surface area (Å²) in [6, 6.07) is 0. The van der Waals surface area contributed by atoms with Crippen molar-refractivity contribution >= 4 is 0 Å². The SMILES string of the molecule is CC12C=C1CC1CC12. The van der Waals surface area contributed by atoms with E-state index in [4.69, 9.17) is 0 Å². The number of hydrogen-bond acceptors (Lipinski definition) is 0. The molecule has 0 saturated heterocycles. The maximum absolute atomic E-state index is 2.47. The lowest BCUT2D eigenvalue weighted by molar-refractivity contribution is 0.547. The first kappa shape index (κ1) is 3.71. The van der Waals surface area contributed by atoms with Gasteiger partial charge in [0, 0.05) is 5.41 Å². The summed E-state index contributed by atoms with van der Waals surface area (Å²) >= 11 is 0. The summed E-state index contributed by atoms with van der Waals surface area (Å²) in [6.07, 6.45) is 5.47. The largest absolute Gasteiger partial charge is 0.0742 e. The lowest BCUT2D eigenvalue weighted by atomic mass is 10.0. The van der Waals surface area contributed by atoms with E-state index in [1.807, 2.05) is 0 Å². The van der Waals surface area contributed by atoms with Crippen LogP contribution in [0.15, 0.2) is 11.6 Å². The highest BCUT2D eigenvalue weighted by Crippen LogP contribution is 2.72. The quantitative estimate of drug-likeness (QED) is 0.414. The zero-order chi connectivity index (χ0) is 5.35. The molecule has 0 bridgehead atoms. The zero-order valence-corrected chi connectivity index (χ0v) is 5.15. The summed E-state index contributed by atoms with van der Waals surface area (Å²) in [7, 11) is 0. The molecule has 0 spiro atoms. The van der Waals surface area contributed by atoms with Gasteiger partial charge in [-0.05, 0) is 24.7 Å². The molecule has 3 atom stereocenters. The van der Waals surface area contributed by atoms with E-state index < -0.39 is 0 Å². The van der Waals surface area contributed by atoms with Crippen LogP contribution in [0.5, 0.6) is 0 Å². The summed E-state index contributed by atoms with van der Waals surface area (Å²) in [5.74, 6) is 2.25. The molecule has 42 valence electrons. The highest BCUT2D eigenvalue weighted by atomic mass is 14.7. The van der Waals surface area contributed by atoms with Gasteiger partial charge in [0.2, 0.25) is 0 Å². The fraction of sp³-hybridized carbons (Fsp3) is 0.750. The topological polar surface area (TPSA) is 0 Å². The fourth-order valence-electron chi connectivity index (χ4n) is 2.44. The lowest BCUT2D eigenvalue weighted by Crippen LogP contribution is -1.96. The van der Waals surface area contributed by atoms with Gasteiger partial charge in [-0.25, -0.2) is 0 Å². The highest BCUT2D eigenvalue weighted by molar-refractivity contribution is 5.47. The molecular formula is C8H10. The third kappa shape index (κ3) is 0.211. The molecule has 3 aliphatic rings. The van der Waals surface area contributed by atoms with Crippen LogP contribution in [-0.2, 0) is 0 Å². The fourth-order valence-corrected chi connectivity index (χ4v) is 2.44. The van der Waals surface area contributed by atoms with E-state index in [0.29, 0.717) is 5.41 Å². The summed E-state index contributed by atoms with van der Waals surface area (Å²) in [5, 5.41) is 0. The van der Waals surface area contributed by atoms with Crippen LogP contribution in [0.2, 0.25) is 0 Å². The van der Waals surface area contributed by atoms with Crippen molar-refractivity contribution < 1.29 is 0 Å². The van der Waals surface area contributed by atoms with Crippen LogP contribution >= 0.6 is 0 Å². The highest BCUT2D eigenvalue weighted by Gasteiger charge is 2.63. The van der Waals surface area contributed by atoms with Gasteiger partial charge in [0.15, 0.2) is 0 Å². The molecule has 3 aliphatic carbocycles. The van der Waals surface area contributed by atoms with E-state index in [1.165, 1.54) is 12.8 Å². The Balaban J connectivity index is 2.10. The minimum absolute atomic E-state index is 0.685. The van der Waals surface area contributed by atoms with Gasteiger partial charge < -0.3 is 0 Å². The molecule has 0 N–H and O–H groups in total. The van der Waals surface area contributed by atoms with Crippen molar-refractivity contribution in [2.45, 2.75) is 19.8 Å². The molecule has 0 amide bonds. The first-order valence-corrected chi connectivity index (χ1v) is 3.53. The van der Waals surface area contributed by atoms with Crippen LogP contribution in [0.25, 0.3) is 0 Å². The molecule has 0 aromatic rings. The Labute approximate surface area is 49.6 Å². The van der Waals surface area contributed by atoms with Crippen molar-refractivity contribution in [3.05, 3.63) is 11.6 Å². The van der Waals surface area contributed by atoms with E-state index in [9.17, 15) is 0 Å². The van der Waals surface area contributed by atoms with Gasteiger partial charge in [-0.2, -0.15) is 0 Å². The van der Waals surface area contributed by atoms with Crippen LogP contribution in [-0.4, -0.2) is 0 Å². The van der Waals surface area contributed by atoms with Gasteiger partial charge >= 0.3 is 0 Å². The minimum Gasteiger partial charge on any atom is -0.0742 e. The molecule has 0 aliphatic heterocycles. The Morgan fingerprint density at radius 3 is 3.00 bits per heavy atom. The first-order valence-electron chi connectivity index (χ1n) is 3.53. The third-order valence-electron chi connectivity index (χ3n) is 3.26. The molecule has 2 fully saturated rings. The Hall–Kier alpha value is -0.260. The van der Waals surface area contributed by atoms with E-state index in [0.717, 1.165) is 11.8 Å². The van der Waals surface area contributed by atoms with Crippen LogP contribution in [0.4, 0.5) is 0 Å². The number of hydrogen-bond donors (Lipinski definition) is 0. The van der Waals surface area contributed by atoms with Crippen LogP contribution in [0.1, 0.15) is 19.8 Å². The van der Waals surface area contributed by atoms with Crippen LogP contribution in [0.3, 0.4) is 0 Å². The smallest absolute Gasteiger partial charge is 0.00969 e. The maximum Gasteiger partial charge on any atom is 0.00969 e. The number of rotatable bonds is 0. The van der Waals surface area contributed by atoms with E-state index in [1.54, 1.807) is 5.57 Å². The van der Waals surface area contributed by atoms with Gasteiger partial charge in [0.05, 0.1) is 0 Å². The average molecular weight is 106 g/mol. The molecule has 3 rings (SSSR count). The normalized spacial score (nSPS) is 63.9. The van der Waals surface area contributed by atoms with E-state index in [2.05, 4.69) is 13.0 Å². The van der Waals surface area contributed by atoms with E-state index >= 15 is 0 Å². The van der Waals surface area contributed by atoms with Crippen LogP contribution in [0, 0.1) is 17.3 Å². The van der Waals surface area contributed by atoms with Crippen LogP contribution < -0.4 is 0 Å². The van der Waals surface area contributed by atoms with Crippen molar-refractivity contribution in [1.82, 2.24) is 0 Å². The van der Waals surface area contributed by atoms with Gasteiger partial charge in [-0.15, -0.1) is 0 Å². The van der Waals surface area contributed by atoms with Gasteiger partial charge in [-0.1, -0.05) is 18.6 Å². The molecule has 0 heterocycles. The molecule has 0 aromatic heterocycles. The molecule has 3 unspecified atom stereocenters. The Morgan fingerprint density at radius 2 is 2.62 bits per heavy atom. The number of fused-ring (bicyclic) bond motifs is 3. The predicted octanol–water partition coefficient (Wildman–Crippen LogP) is 1.97. The second kappa shape index (κ2) is 0.706. The average Bonchev–Trinajstić information content (AvgIpc) is 2.52. The lowest BCUT2D eigenvalue weighted by Gasteiger charge is -2.02. The molecular weight excluding hydrogens is 96.1 g/mol. The van der Waals surface area contributed by atoms with Crippen molar-refractivity contribution in [1.29, 1.82) is 0 Å². The Morgan fingerprint density at radius 1 is 1.75 bits per heavy atom. The predicted molar refractivity (Wildman–Crippen MR) is 32.4 cm³/mol. The molecule has 0 nitrogen and oxygen atoms in total. The van der Waals surface area contributed by atoms with Crippen molar-refractivity contribution in [2.24, 2.45) is 17.3 Å². The second-order valence-electron chi connectivity index (χ2n) is 3.76. The van der Waals surface area contributed by atoms with Crippen molar-refractivity contribution in [3.8, 4) is 0 Å². The molecule has 0 aromatic carbocycles. The molecule has 2 saturated carbocycles.